The van der Waals surface area contributed by atoms with Gasteiger partial charge in [-0.15, -0.1) is 0 Å². The molecule has 4 rings (SSSR count). The molecule has 6 heteroatoms. The van der Waals surface area contributed by atoms with E-state index in [9.17, 15) is 14.2 Å². The van der Waals surface area contributed by atoms with Crippen LogP contribution in [0.3, 0.4) is 0 Å². The predicted molar refractivity (Wildman–Crippen MR) is 150 cm³/mol. The average molecular weight is 526 g/mol. The highest BCUT2D eigenvalue weighted by molar-refractivity contribution is 7.34. The minimum Gasteiger partial charge on any atom is -0.288 e. The van der Waals surface area contributed by atoms with Gasteiger partial charge in [-0.25, -0.2) is 9.05 Å². The summed E-state index contributed by atoms with van der Waals surface area (Å²) in [5, 5.41) is 0. The van der Waals surface area contributed by atoms with Crippen molar-refractivity contribution in [1.29, 1.82) is 0 Å². The third-order valence-electron chi connectivity index (χ3n) is 6.42. The molecule has 0 N–H and O–H groups in total. The Morgan fingerprint density at radius 3 is 1.21 bits per heavy atom. The summed E-state index contributed by atoms with van der Waals surface area (Å²) in [6, 6.07) is 21.1. The molecular weight excluding hydrogens is 495 g/mol. The molecule has 0 saturated heterocycles. The highest BCUT2D eigenvalue weighted by atomic mass is 31.1. The fraction of sp³-hybridized carbons (Fsp3) is 0.188. The number of carbonyl (C=O) groups is 2. The van der Waals surface area contributed by atoms with Crippen LogP contribution in [0.1, 0.15) is 65.2 Å². The molecule has 0 fully saturated rings. The van der Waals surface area contributed by atoms with Gasteiger partial charge in [-0.2, -0.15) is 0 Å². The highest BCUT2D eigenvalue weighted by Crippen LogP contribution is 2.36. The van der Waals surface area contributed by atoms with E-state index in [1.54, 1.807) is 48.5 Å². The molecule has 0 aliphatic carbocycles. The van der Waals surface area contributed by atoms with Gasteiger partial charge in [0.25, 0.3) is 0 Å². The Kier molecular flexibility index (Phi) is 7.89. The molecule has 0 heterocycles. The van der Waals surface area contributed by atoms with Gasteiger partial charge in [-0.05, 0) is 88.1 Å². The van der Waals surface area contributed by atoms with Crippen molar-refractivity contribution in [2.45, 2.75) is 41.5 Å². The van der Waals surface area contributed by atoms with Crippen molar-refractivity contribution in [3.8, 4) is 11.5 Å². The second kappa shape index (κ2) is 11.1. The molecule has 0 atom stereocenters. The van der Waals surface area contributed by atoms with Crippen LogP contribution in [0.5, 0.6) is 11.5 Å². The standard InChI is InChI=1S/C32H30O5P/c1-19-15-21(3)29(22(4)16-19)31(33)25-11-7-9-13-27(25)36-38(35)37-28-14-10-8-12-26(28)32(34)30-23(5)17-20(2)18-24(30)6/h7-18H,1-6H3/q+1. The number of ketones is 2. The molecular formula is C32H30O5P+. The van der Waals surface area contributed by atoms with Gasteiger partial charge in [0.15, 0.2) is 11.6 Å². The van der Waals surface area contributed by atoms with E-state index in [1.807, 2.05) is 65.8 Å². The Balaban J connectivity index is 1.61. The predicted octanol–water partition coefficient (Wildman–Crippen LogP) is 8.11. The number of rotatable bonds is 8. The quantitative estimate of drug-likeness (QED) is 0.172. The van der Waals surface area contributed by atoms with E-state index < -0.39 is 8.25 Å². The molecule has 0 aromatic heterocycles. The van der Waals surface area contributed by atoms with E-state index in [-0.39, 0.29) is 34.2 Å². The zero-order valence-electron chi connectivity index (χ0n) is 22.4. The Labute approximate surface area is 224 Å². The first-order valence-corrected chi connectivity index (χ1v) is 13.4. The summed E-state index contributed by atoms with van der Waals surface area (Å²) in [6.07, 6.45) is 0. The zero-order valence-corrected chi connectivity index (χ0v) is 23.3. The van der Waals surface area contributed by atoms with Crippen LogP contribution in [0.25, 0.3) is 0 Å². The number of para-hydroxylation sites is 2. The minimum atomic E-state index is -2.75. The molecule has 0 spiro atoms. The average Bonchev–Trinajstić information content (AvgIpc) is 2.83. The highest BCUT2D eigenvalue weighted by Gasteiger charge is 2.31. The van der Waals surface area contributed by atoms with Gasteiger partial charge in [0.05, 0.1) is 11.1 Å². The van der Waals surface area contributed by atoms with Gasteiger partial charge in [-0.3, -0.25) is 9.59 Å². The summed E-state index contributed by atoms with van der Waals surface area (Å²) >= 11 is 0. The smallest absolute Gasteiger partial charge is 0.288 e. The van der Waals surface area contributed by atoms with Crippen LogP contribution in [0.4, 0.5) is 0 Å². The molecule has 0 aliphatic heterocycles. The summed E-state index contributed by atoms with van der Waals surface area (Å²) < 4.78 is 24.4. The third kappa shape index (κ3) is 5.58. The van der Waals surface area contributed by atoms with Crippen molar-refractivity contribution in [2.24, 2.45) is 0 Å². The molecule has 0 radical (unpaired) electrons. The van der Waals surface area contributed by atoms with Crippen molar-refractivity contribution in [3.63, 3.8) is 0 Å². The minimum absolute atomic E-state index is 0.145. The lowest BCUT2D eigenvalue weighted by atomic mass is 9.93. The maximum absolute atomic E-state index is 13.5. The second-order valence-corrected chi connectivity index (χ2v) is 10.4. The van der Waals surface area contributed by atoms with Crippen LogP contribution >= 0.6 is 8.25 Å². The Hall–Kier alpha value is -4.08. The van der Waals surface area contributed by atoms with E-state index in [0.717, 1.165) is 33.4 Å². The molecule has 0 saturated carbocycles. The first-order valence-electron chi connectivity index (χ1n) is 12.3. The number of hydrogen-bond acceptors (Lipinski definition) is 5. The molecule has 0 unspecified atom stereocenters. The van der Waals surface area contributed by atoms with E-state index in [2.05, 4.69) is 0 Å². The first kappa shape index (κ1) is 27.0. The maximum Gasteiger partial charge on any atom is 0.805 e. The summed E-state index contributed by atoms with van der Waals surface area (Å²) in [6.45, 7) is 11.5. The fourth-order valence-electron chi connectivity index (χ4n) is 4.99. The van der Waals surface area contributed by atoms with Crippen molar-refractivity contribution >= 4 is 19.8 Å². The van der Waals surface area contributed by atoms with E-state index in [4.69, 9.17) is 9.05 Å². The summed E-state index contributed by atoms with van der Waals surface area (Å²) in [5.74, 6) is -0.154. The largest absolute Gasteiger partial charge is 0.805 e. The number of carbonyl (C=O) groups excluding carboxylic acids is 2. The normalized spacial score (nSPS) is 10.7. The van der Waals surface area contributed by atoms with E-state index >= 15 is 0 Å². The summed E-state index contributed by atoms with van der Waals surface area (Å²) in [7, 11) is -2.75. The Bertz CT molecular complexity index is 1420. The molecule has 0 aliphatic rings. The van der Waals surface area contributed by atoms with Crippen LogP contribution in [-0.2, 0) is 4.57 Å². The topological polar surface area (TPSA) is 69.7 Å². The van der Waals surface area contributed by atoms with Crippen molar-refractivity contribution in [2.75, 3.05) is 0 Å². The van der Waals surface area contributed by atoms with Crippen LogP contribution in [0, 0.1) is 41.5 Å². The lowest BCUT2D eigenvalue weighted by Crippen LogP contribution is -2.09. The van der Waals surface area contributed by atoms with Crippen molar-refractivity contribution < 1.29 is 23.2 Å². The lowest BCUT2D eigenvalue weighted by Gasteiger charge is -2.12. The van der Waals surface area contributed by atoms with Crippen LogP contribution < -0.4 is 9.05 Å². The van der Waals surface area contributed by atoms with E-state index in [1.165, 1.54) is 0 Å². The number of aryl methyl sites for hydroxylation is 6. The maximum atomic E-state index is 13.5. The fourth-order valence-corrected chi connectivity index (χ4v) is 5.67. The SMILES string of the molecule is Cc1cc(C)c(C(=O)c2ccccc2O[P+](=O)Oc2ccccc2C(=O)c2c(C)cc(C)cc2C)c(C)c1. The summed E-state index contributed by atoms with van der Waals surface area (Å²) in [4.78, 5) is 27.0. The van der Waals surface area contributed by atoms with Gasteiger partial charge in [-0.1, -0.05) is 59.7 Å². The number of hydrogen-bond donors (Lipinski definition) is 0. The first-order chi connectivity index (χ1) is 18.1. The molecule has 0 bridgehead atoms. The van der Waals surface area contributed by atoms with Crippen molar-refractivity contribution in [3.05, 3.63) is 128 Å². The van der Waals surface area contributed by atoms with Gasteiger partial charge in [0.1, 0.15) is 0 Å². The third-order valence-corrected chi connectivity index (χ3v) is 7.11. The van der Waals surface area contributed by atoms with Gasteiger partial charge in [0, 0.05) is 15.7 Å². The Morgan fingerprint density at radius 1 is 0.553 bits per heavy atom. The molecule has 5 nitrogen and oxygen atoms in total. The molecule has 38 heavy (non-hydrogen) atoms. The second-order valence-electron chi connectivity index (χ2n) is 9.60. The molecule has 192 valence electrons. The summed E-state index contributed by atoms with van der Waals surface area (Å²) in [5.41, 5.74) is 7.31. The van der Waals surface area contributed by atoms with E-state index in [0.29, 0.717) is 11.1 Å². The molecule has 0 amide bonds. The Morgan fingerprint density at radius 2 is 0.868 bits per heavy atom. The zero-order chi connectivity index (χ0) is 27.6. The lowest BCUT2D eigenvalue weighted by molar-refractivity contribution is 0.102. The number of benzene rings is 4. The van der Waals surface area contributed by atoms with Crippen LogP contribution in [0.2, 0.25) is 0 Å². The van der Waals surface area contributed by atoms with Crippen molar-refractivity contribution in [1.82, 2.24) is 0 Å². The molecule has 4 aromatic carbocycles. The van der Waals surface area contributed by atoms with Crippen LogP contribution in [-0.4, -0.2) is 11.6 Å². The van der Waals surface area contributed by atoms with Gasteiger partial charge < -0.3 is 0 Å². The van der Waals surface area contributed by atoms with Gasteiger partial charge in [0.2, 0.25) is 11.5 Å². The molecule has 4 aromatic rings. The monoisotopic (exact) mass is 525 g/mol. The van der Waals surface area contributed by atoms with Crippen LogP contribution in [0.15, 0.2) is 72.8 Å². The van der Waals surface area contributed by atoms with Gasteiger partial charge >= 0.3 is 8.25 Å².